The SMILES string of the molecule is CCc1ccc(OCC(O)CNCc2sccc2C)cc1. The molecule has 0 aliphatic heterocycles. The van der Waals surface area contributed by atoms with E-state index in [4.69, 9.17) is 4.74 Å². The molecule has 0 saturated carbocycles. The highest BCUT2D eigenvalue weighted by Crippen LogP contribution is 2.15. The Bertz CT molecular complexity index is 536. The number of rotatable bonds is 8. The van der Waals surface area contributed by atoms with Crippen LogP contribution < -0.4 is 10.1 Å². The van der Waals surface area contributed by atoms with E-state index >= 15 is 0 Å². The lowest BCUT2D eigenvalue weighted by molar-refractivity contribution is 0.106. The predicted molar refractivity (Wildman–Crippen MR) is 88.1 cm³/mol. The average Bonchev–Trinajstić information content (AvgIpc) is 2.91. The molecule has 21 heavy (non-hydrogen) atoms. The second-order valence-electron chi connectivity index (χ2n) is 5.12. The molecule has 0 aliphatic rings. The van der Waals surface area contributed by atoms with Crippen molar-refractivity contribution in [3.05, 3.63) is 51.7 Å². The van der Waals surface area contributed by atoms with E-state index in [-0.39, 0.29) is 0 Å². The van der Waals surface area contributed by atoms with E-state index in [1.807, 2.05) is 12.1 Å². The van der Waals surface area contributed by atoms with Gasteiger partial charge < -0.3 is 15.2 Å². The Balaban J connectivity index is 1.67. The van der Waals surface area contributed by atoms with Crippen LogP contribution in [0.3, 0.4) is 0 Å². The fourth-order valence-electron chi connectivity index (χ4n) is 2.01. The van der Waals surface area contributed by atoms with Crippen LogP contribution in [0.2, 0.25) is 0 Å². The molecule has 3 nitrogen and oxygen atoms in total. The molecular formula is C17H23NO2S. The Morgan fingerprint density at radius 3 is 2.62 bits per heavy atom. The maximum atomic E-state index is 9.93. The summed E-state index contributed by atoms with van der Waals surface area (Å²) in [5, 5.41) is 15.3. The lowest BCUT2D eigenvalue weighted by atomic mass is 10.2. The van der Waals surface area contributed by atoms with Gasteiger partial charge in [0, 0.05) is 18.0 Å². The molecule has 2 N–H and O–H groups in total. The first-order chi connectivity index (χ1) is 10.2. The molecule has 2 rings (SSSR count). The van der Waals surface area contributed by atoms with Crippen molar-refractivity contribution in [3.8, 4) is 5.75 Å². The molecule has 2 aromatic rings. The van der Waals surface area contributed by atoms with E-state index in [0.717, 1.165) is 18.7 Å². The third-order valence-electron chi connectivity index (χ3n) is 3.41. The van der Waals surface area contributed by atoms with Crippen LogP contribution in [-0.4, -0.2) is 24.4 Å². The van der Waals surface area contributed by atoms with Crippen molar-refractivity contribution in [2.45, 2.75) is 32.9 Å². The van der Waals surface area contributed by atoms with Gasteiger partial charge in [-0.15, -0.1) is 11.3 Å². The number of hydrogen-bond donors (Lipinski definition) is 2. The first-order valence-corrected chi connectivity index (χ1v) is 8.20. The molecule has 1 aromatic heterocycles. The van der Waals surface area contributed by atoms with Gasteiger partial charge in [0.05, 0.1) is 0 Å². The topological polar surface area (TPSA) is 41.5 Å². The van der Waals surface area contributed by atoms with E-state index in [9.17, 15) is 5.11 Å². The molecule has 0 saturated heterocycles. The lowest BCUT2D eigenvalue weighted by Crippen LogP contribution is -2.31. The zero-order chi connectivity index (χ0) is 15.1. The van der Waals surface area contributed by atoms with Crippen molar-refractivity contribution < 1.29 is 9.84 Å². The largest absolute Gasteiger partial charge is 0.491 e. The summed E-state index contributed by atoms with van der Waals surface area (Å²) in [4.78, 5) is 1.32. The molecule has 0 aliphatic carbocycles. The zero-order valence-corrected chi connectivity index (χ0v) is 13.5. The fraction of sp³-hybridized carbons (Fsp3) is 0.412. The number of ether oxygens (including phenoxy) is 1. The van der Waals surface area contributed by atoms with Gasteiger partial charge in [-0.1, -0.05) is 19.1 Å². The first-order valence-electron chi connectivity index (χ1n) is 7.32. The van der Waals surface area contributed by atoms with Gasteiger partial charge in [-0.05, 0) is 48.1 Å². The highest BCUT2D eigenvalue weighted by atomic mass is 32.1. The summed E-state index contributed by atoms with van der Waals surface area (Å²) in [6.45, 7) is 5.87. The number of benzene rings is 1. The molecule has 0 bridgehead atoms. The zero-order valence-electron chi connectivity index (χ0n) is 12.6. The van der Waals surface area contributed by atoms with Gasteiger partial charge in [0.2, 0.25) is 0 Å². The van der Waals surface area contributed by atoms with E-state index < -0.39 is 6.10 Å². The average molecular weight is 305 g/mol. The van der Waals surface area contributed by atoms with Crippen molar-refractivity contribution in [2.24, 2.45) is 0 Å². The molecule has 114 valence electrons. The Kier molecular flexibility index (Phi) is 6.23. The standard InChI is InChI=1S/C17H23NO2S/c1-3-14-4-6-16(7-5-14)20-12-15(19)10-18-11-17-13(2)8-9-21-17/h4-9,15,18-19H,3,10-12H2,1-2H3. The van der Waals surface area contributed by atoms with Crippen LogP contribution in [0, 0.1) is 6.92 Å². The highest BCUT2D eigenvalue weighted by molar-refractivity contribution is 7.10. The van der Waals surface area contributed by atoms with Gasteiger partial charge in [0.25, 0.3) is 0 Å². The Hall–Kier alpha value is -1.36. The van der Waals surface area contributed by atoms with Crippen molar-refractivity contribution in [1.82, 2.24) is 5.32 Å². The van der Waals surface area contributed by atoms with E-state index in [1.165, 1.54) is 16.0 Å². The summed E-state index contributed by atoms with van der Waals surface area (Å²) in [6, 6.07) is 10.1. The molecule has 0 spiro atoms. The Labute approximate surface area is 130 Å². The number of thiophene rings is 1. The number of aryl methyl sites for hydroxylation is 2. The molecule has 1 unspecified atom stereocenters. The maximum Gasteiger partial charge on any atom is 0.119 e. The minimum Gasteiger partial charge on any atom is -0.491 e. The summed E-state index contributed by atoms with van der Waals surface area (Å²) in [5.74, 6) is 0.806. The predicted octanol–water partition coefficient (Wildman–Crippen LogP) is 3.15. The smallest absolute Gasteiger partial charge is 0.119 e. The quantitative estimate of drug-likeness (QED) is 0.787. The van der Waals surface area contributed by atoms with Gasteiger partial charge in [-0.2, -0.15) is 0 Å². The van der Waals surface area contributed by atoms with Gasteiger partial charge in [0.15, 0.2) is 0 Å². The molecule has 0 amide bonds. The van der Waals surface area contributed by atoms with Crippen LogP contribution in [0.4, 0.5) is 0 Å². The maximum absolute atomic E-state index is 9.93. The van der Waals surface area contributed by atoms with Crippen molar-refractivity contribution >= 4 is 11.3 Å². The fourth-order valence-corrected chi connectivity index (χ4v) is 2.89. The normalized spacial score (nSPS) is 12.3. The number of hydrogen-bond acceptors (Lipinski definition) is 4. The highest BCUT2D eigenvalue weighted by Gasteiger charge is 2.06. The van der Waals surface area contributed by atoms with E-state index in [0.29, 0.717) is 13.2 Å². The van der Waals surface area contributed by atoms with E-state index in [2.05, 4.69) is 42.7 Å². The van der Waals surface area contributed by atoms with Crippen LogP contribution in [0.25, 0.3) is 0 Å². The van der Waals surface area contributed by atoms with Gasteiger partial charge in [-0.25, -0.2) is 0 Å². The number of aliphatic hydroxyl groups is 1. The molecule has 1 atom stereocenters. The number of aliphatic hydroxyl groups excluding tert-OH is 1. The van der Waals surface area contributed by atoms with Crippen molar-refractivity contribution in [2.75, 3.05) is 13.2 Å². The molecular weight excluding hydrogens is 282 g/mol. The summed E-state index contributed by atoms with van der Waals surface area (Å²) in [6.07, 6.45) is 0.519. The number of nitrogens with one attached hydrogen (secondary N) is 1. The van der Waals surface area contributed by atoms with Crippen LogP contribution in [0.15, 0.2) is 35.7 Å². The molecule has 1 heterocycles. The van der Waals surface area contributed by atoms with Gasteiger partial charge >= 0.3 is 0 Å². The summed E-state index contributed by atoms with van der Waals surface area (Å²) < 4.78 is 5.59. The second-order valence-corrected chi connectivity index (χ2v) is 6.12. The molecule has 0 fully saturated rings. The molecule has 4 heteroatoms. The van der Waals surface area contributed by atoms with Crippen LogP contribution >= 0.6 is 11.3 Å². The second kappa shape index (κ2) is 8.17. The third kappa shape index (κ3) is 5.16. The van der Waals surface area contributed by atoms with Crippen molar-refractivity contribution in [3.63, 3.8) is 0 Å². The van der Waals surface area contributed by atoms with Gasteiger partial charge in [0.1, 0.15) is 18.5 Å². The minimum absolute atomic E-state index is 0.307. The third-order valence-corrected chi connectivity index (χ3v) is 4.43. The summed E-state index contributed by atoms with van der Waals surface area (Å²) in [5.41, 5.74) is 2.59. The molecule has 1 aromatic carbocycles. The summed E-state index contributed by atoms with van der Waals surface area (Å²) in [7, 11) is 0. The summed E-state index contributed by atoms with van der Waals surface area (Å²) >= 11 is 1.74. The van der Waals surface area contributed by atoms with Crippen LogP contribution in [0.5, 0.6) is 5.75 Å². The molecule has 0 radical (unpaired) electrons. The van der Waals surface area contributed by atoms with Gasteiger partial charge in [-0.3, -0.25) is 0 Å². The van der Waals surface area contributed by atoms with Crippen molar-refractivity contribution in [1.29, 1.82) is 0 Å². The first kappa shape index (κ1) is 16.0. The van der Waals surface area contributed by atoms with Crippen LogP contribution in [-0.2, 0) is 13.0 Å². The minimum atomic E-state index is -0.504. The monoisotopic (exact) mass is 305 g/mol. The lowest BCUT2D eigenvalue weighted by Gasteiger charge is -2.13. The Morgan fingerprint density at radius 1 is 1.24 bits per heavy atom. The Morgan fingerprint density at radius 2 is 2.00 bits per heavy atom. The van der Waals surface area contributed by atoms with E-state index in [1.54, 1.807) is 11.3 Å². The van der Waals surface area contributed by atoms with Crippen LogP contribution in [0.1, 0.15) is 22.9 Å².